The Kier molecular flexibility index (Phi) is 5.34. The molecule has 0 N–H and O–H groups in total. The van der Waals surface area contributed by atoms with E-state index < -0.39 is 0 Å². The van der Waals surface area contributed by atoms with Gasteiger partial charge in [0.1, 0.15) is 0 Å². The maximum Gasteiger partial charge on any atom is 0.0891 e. The van der Waals surface area contributed by atoms with E-state index in [1.54, 1.807) is 0 Å². The number of aromatic nitrogens is 1. The summed E-state index contributed by atoms with van der Waals surface area (Å²) in [6.07, 6.45) is 2.44. The minimum atomic E-state index is 0.272. The Morgan fingerprint density at radius 1 is 1.26 bits per heavy atom. The average Bonchev–Trinajstić information content (AvgIpc) is 2.46. The van der Waals surface area contributed by atoms with Gasteiger partial charge in [0.2, 0.25) is 0 Å². The van der Waals surface area contributed by atoms with Crippen molar-refractivity contribution in [3.63, 3.8) is 0 Å². The molecule has 2 rings (SSSR count). The molecule has 0 saturated carbocycles. The van der Waals surface area contributed by atoms with Crippen molar-refractivity contribution in [3.05, 3.63) is 29.6 Å². The van der Waals surface area contributed by atoms with E-state index in [1.807, 2.05) is 0 Å². The molecule has 0 aromatic carbocycles. The summed E-state index contributed by atoms with van der Waals surface area (Å²) < 4.78 is 11.2. The van der Waals surface area contributed by atoms with E-state index in [0.717, 1.165) is 31.7 Å². The van der Waals surface area contributed by atoms with E-state index in [9.17, 15) is 0 Å². The predicted octanol–water partition coefficient (Wildman–Crippen LogP) is 3.54. The second-order valence-electron chi connectivity index (χ2n) is 5.70. The van der Waals surface area contributed by atoms with Gasteiger partial charge in [-0.1, -0.05) is 19.9 Å². The van der Waals surface area contributed by atoms with E-state index in [1.165, 1.54) is 5.69 Å². The molecule has 3 nitrogen and oxygen atoms in total. The normalized spacial score (nSPS) is 18.7. The molecule has 0 bridgehead atoms. The van der Waals surface area contributed by atoms with Gasteiger partial charge in [0.25, 0.3) is 0 Å². The summed E-state index contributed by atoms with van der Waals surface area (Å²) in [5, 5.41) is 0. The summed E-state index contributed by atoms with van der Waals surface area (Å²) >= 11 is 0. The number of nitrogens with zero attached hydrogens (tertiary/aromatic N) is 1. The van der Waals surface area contributed by atoms with Crippen molar-refractivity contribution in [1.82, 2.24) is 4.98 Å². The predicted molar refractivity (Wildman–Crippen MR) is 76.1 cm³/mol. The Balaban J connectivity index is 1.94. The maximum absolute atomic E-state index is 5.84. The number of hydrogen-bond acceptors (Lipinski definition) is 3. The van der Waals surface area contributed by atoms with Crippen LogP contribution in [0.15, 0.2) is 18.2 Å². The van der Waals surface area contributed by atoms with Crippen LogP contribution in [0.3, 0.4) is 0 Å². The van der Waals surface area contributed by atoms with Crippen LogP contribution in [0.5, 0.6) is 0 Å². The van der Waals surface area contributed by atoms with Crippen LogP contribution >= 0.6 is 0 Å². The first-order valence-electron chi connectivity index (χ1n) is 7.32. The minimum Gasteiger partial charge on any atom is -0.381 e. The van der Waals surface area contributed by atoms with Crippen LogP contribution in [0.25, 0.3) is 0 Å². The molecule has 1 aliphatic heterocycles. The van der Waals surface area contributed by atoms with E-state index in [0.29, 0.717) is 18.4 Å². The van der Waals surface area contributed by atoms with Gasteiger partial charge in [-0.2, -0.15) is 0 Å². The van der Waals surface area contributed by atoms with Crippen LogP contribution in [0.4, 0.5) is 0 Å². The fourth-order valence-electron chi connectivity index (χ4n) is 2.21. The van der Waals surface area contributed by atoms with Crippen LogP contribution < -0.4 is 0 Å². The largest absolute Gasteiger partial charge is 0.381 e. The van der Waals surface area contributed by atoms with Crippen LogP contribution in [-0.4, -0.2) is 24.3 Å². The highest BCUT2D eigenvalue weighted by Gasteiger charge is 2.17. The smallest absolute Gasteiger partial charge is 0.0891 e. The van der Waals surface area contributed by atoms with Crippen molar-refractivity contribution in [1.29, 1.82) is 0 Å². The van der Waals surface area contributed by atoms with Gasteiger partial charge in [0, 0.05) is 24.8 Å². The zero-order valence-electron chi connectivity index (χ0n) is 12.3. The Hall–Kier alpha value is -0.930. The third-order valence-corrected chi connectivity index (χ3v) is 3.90. The quantitative estimate of drug-likeness (QED) is 0.814. The highest BCUT2D eigenvalue weighted by molar-refractivity contribution is 5.15. The first kappa shape index (κ1) is 14.5. The van der Waals surface area contributed by atoms with Crippen LogP contribution in [0, 0.1) is 5.92 Å². The fourth-order valence-corrected chi connectivity index (χ4v) is 2.21. The van der Waals surface area contributed by atoms with Crippen molar-refractivity contribution in [2.45, 2.75) is 52.2 Å². The van der Waals surface area contributed by atoms with Crippen LogP contribution in [0.2, 0.25) is 0 Å². The maximum atomic E-state index is 5.84. The van der Waals surface area contributed by atoms with Gasteiger partial charge in [-0.25, -0.2) is 0 Å². The molecule has 1 atom stereocenters. The molecule has 1 saturated heterocycles. The van der Waals surface area contributed by atoms with Crippen LogP contribution in [-0.2, 0) is 16.1 Å². The summed E-state index contributed by atoms with van der Waals surface area (Å²) in [6.45, 7) is 8.80. The van der Waals surface area contributed by atoms with Gasteiger partial charge in [0.05, 0.1) is 18.4 Å². The van der Waals surface area contributed by atoms with Crippen molar-refractivity contribution in [2.75, 3.05) is 13.2 Å². The Bertz CT molecular complexity index is 386. The van der Waals surface area contributed by atoms with Gasteiger partial charge < -0.3 is 9.47 Å². The number of rotatable bonds is 5. The van der Waals surface area contributed by atoms with Gasteiger partial charge in [-0.3, -0.25) is 4.98 Å². The van der Waals surface area contributed by atoms with E-state index >= 15 is 0 Å². The molecular weight excluding hydrogens is 238 g/mol. The van der Waals surface area contributed by atoms with Crippen LogP contribution in [0.1, 0.15) is 50.9 Å². The molecule has 19 heavy (non-hydrogen) atoms. The lowest BCUT2D eigenvalue weighted by Gasteiger charge is -2.22. The molecule has 1 aromatic rings. The Morgan fingerprint density at radius 3 is 2.68 bits per heavy atom. The highest BCUT2D eigenvalue weighted by atomic mass is 16.5. The third kappa shape index (κ3) is 4.29. The molecule has 1 unspecified atom stereocenters. The van der Waals surface area contributed by atoms with Crippen molar-refractivity contribution in [3.8, 4) is 0 Å². The first-order chi connectivity index (χ1) is 9.16. The number of pyridine rings is 1. The molecule has 0 amide bonds. The molecule has 1 aliphatic rings. The number of ether oxygens (including phenoxy) is 2. The lowest BCUT2D eigenvalue weighted by Crippen LogP contribution is -2.17. The minimum absolute atomic E-state index is 0.272. The molecule has 3 heteroatoms. The summed E-state index contributed by atoms with van der Waals surface area (Å²) in [7, 11) is 0. The molecular formula is C16H25NO2. The topological polar surface area (TPSA) is 31.4 Å². The van der Waals surface area contributed by atoms with Crippen molar-refractivity contribution >= 4 is 0 Å². The zero-order chi connectivity index (χ0) is 13.7. The average molecular weight is 263 g/mol. The first-order valence-corrected chi connectivity index (χ1v) is 7.32. The van der Waals surface area contributed by atoms with E-state index in [-0.39, 0.29) is 6.10 Å². The molecule has 106 valence electrons. The van der Waals surface area contributed by atoms with Crippen molar-refractivity contribution in [2.24, 2.45) is 5.92 Å². The second-order valence-corrected chi connectivity index (χ2v) is 5.70. The van der Waals surface area contributed by atoms with Gasteiger partial charge in [-0.15, -0.1) is 0 Å². The van der Waals surface area contributed by atoms with Gasteiger partial charge in [-0.05, 0) is 37.8 Å². The molecule has 1 aromatic heterocycles. The molecule has 1 fully saturated rings. The summed E-state index contributed by atoms with van der Waals surface area (Å²) in [5.41, 5.74) is 2.23. The standard InChI is InChI=1S/C16H25NO2/c1-12(2)13(3)19-11-15-5-4-6-16(17-15)14-7-9-18-10-8-14/h4-6,12-14H,7-11H2,1-3H3. The number of hydrogen-bond donors (Lipinski definition) is 0. The lowest BCUT2D eigenvalue weighted by molar-refractivity contribution is 0.0216. The SMILES string of the molecule is CC(C)C(C)OCc1cccc(C2CCOCC2)n1. The molecule has 0 aliphatic carbocycles. The molecule has 0 radical (unpaired) electrons. The van der Waals surface area contributed by atoms with Crippen molar-refractivity contribution < 1.29 is 9.47 Å². The van der Waals surface area contributed by atoms with E-state index in [2.05, 4.69) is 39.0 Å². The lowest BCUT2D eigenvalue weighted by atomic mass is 9.96. The Labute approximate surface area is 116 Å². The third-order valence-electron chi connectivity index (χ3n) is 3.90. The zero-order valence-corrected chi connectivity index (χ0v) is 12.3. The Morgan fingerprint density at radius 2 is 2.00 bits per heavy atom. The summed E-state index contributed by atoms with van der Waals surface area (Å²) in [5.74, 6) is 1.09. The van der Waals surface area contributed by atoms with E-state index in [4.69, 9.17) is 14.5 Å². The highest BCUT2D eigenvalue weighted by Crippen LogP contribution is 2.25. The van der Waals surface area contributed by atoms with Gasteiger partial charge in [0.15, 0.2) is 0 Å². The summed E-state index contributed by atoms with van der Waals surface area (Å²) in [6, 6.07) is 6.28. The fraction of sp³-hybridized carbons (Fsp3) is 0.688. The second kappa shape index (κ2) is 7.01. The van der Waals surface area contributed by atoms with Gasteiger partial charge >= 0.3 is 0 Å². The monoisotopic (exact) mass is 263 g/mol. The summed E-state index contributed by atoms with van der Waals surface area (Å²) in [4.78, 5) is 4.75. The molecule has 0 spiro atoms. The molecule has 2 heterocycles.